The Kier molecular flexibility index (Phi) is 3.59. The highest BCUT2D eigenvalue weighted by Crippen LogP contribution is 2.27. The van der Waals surface area contributed by atoms with Gasteiger partial charge in [-0.2, -0.15) is 0 Å². The summed E-state index contributed by atoms with van der Waals surface area (Å²) in [6.45, 7) is 4.58. The molecule has 0 aromatic heterocycles. The number of rotatable bonds is 5. The molecule has 86 valence electrons. The minimum absolute atomic E-state index is 0.323. The maximum absolute atomic E-state index is 11.8. The lowest BCUT2D eigenvalue weighted by atomic mass is 10.2. The van der Waals surface area contributed by atoms with Gasteiger partial charge in [-0.1, -0.05) is 0 Å². The smallest absolute Gasteiger partial charge is 0.236 e. The number of piperazine rings is 1. The van der Waals surface area contributed by atoms with Crippen molar-refractivity contribution in [3.05, 3.63) is 0 Å². The van der Waals surface area contributed by atoms with E-state index in [0.717, 1.165) is 38.6 Å². The average molecular weight is 211 g/mol. The normalized spacial score (nSPS) is 23.5. The summed E-state index contributed by atoms with van der Waals surface area (Å²) in [5, 5.41) is 3.11. The highest BCUT2D eigenvalue weighted by Gasteiger charge is 2.34. The Morgan fingerprint density at radius 1 is 1.40 bits per heavy atom. The molecule has 1 amide bonds. The molecule has 2 aliphatic rings. The molecule has 0 unspecified atom stereocenters. The topological polar surface area (TPSA) is 35.6 Å². The molecule has 0 atom stereocenters. The quantitative estimate of drug-likeness (QED) is 0.645. The van der Waals surface area contributed by atoms with Crippen molar-refractivity contribution in [2.45, 2.75) is 25.3 Å². The fraction of sp³-hybridized carbons (Fsp3) is 0.909. The van der Waals surface area contributed by atoms with Crippen molar-refractivity contribution < 1.29 is 4.79 Å². The molecule has 1 N–H and O–H groups in total. The maximum Gasteiger partial charge on any atom is 0.236 e. The second-order valence-corrected chi connectivity index (χ2v) is 4.54. The molecule has 1 saturated heterocycles. The molecular formula is C11H21N3O. The molecule has 4 nitrogen and oxygen atoms in total. The monoisotopic (exact) mass is 211 g/mol. The van der Waals surface area contributed by atoms with Crippen LogP contribution in [0.2, 0.25) is 0 Å². The summed E-state index contributed by atoms with van der Waals surface area (Å²) in [6, 6.07) is 0.730. The standard InChI is InChI=1S/C11H21N3O/c1-12-5-2-6-13-7-8-14(9-11(13)15)10-3-4-10/h10,12H,2-9H2,1H3. The first-order chi connectivity index (χ1) is 7.31. The van der Waals surface area contributed by atoms with Gasteiger partial charge in [0.2, 0.25) is 5.91 Å². The first kappa shape index (κ1) is 10.9. The van der Waals surface area contributed by atoms with Crippen molar-refractivity contribution in [2.24, 2.45) is 0 Å². The van der Waals surface area contributed by atoms with Crippen molar-refractivity contribution in [1.82, 2.24) is 15.1 Å². The molecule has 0 aromatic carbocycles. The Morgan fingerprint density at radius 3 is 2.80 bits per heavy atom. The Hall–Kier alpha value is -0.610. The summed E-state index contributed by atoms with van der Waals surface area (Å²) in [4.78, 5) is 16.1. The lowest BCUT2D eigenvalue weighted by Gasteiger charge is -2.34. The molecule has 1 heterocycles. The Morgan fingerprint density at radius 2 is 2.20 bits per heavy atom. The van der Waals surface area contributed by atoms with Crippen molar-refractivity contribution in [3.63, 3.8) is 0 Å². The molecular weight excluding hydrogens is 190 g/mol. The number of hydrogen-bond acceptors (Lipinski definition) is 3. The summed E-state index contributed by atoms with van der Waals surface area (Å²) >= 11 is 0. The second kappa shape index (κ2) is 4.94. The van der Waals surface area contributed by atoms with E-state index >= 15 is 0 Å². The fourth-order valence-electron chi connectivity index (χ4n) is 2.16. The zero-order valence-electron chi connectivity index (χ0n) is 9.54. The van der Waals surface area contributed by atoms with Crippen LogP contribution in [0.25, 0.3) is 0 Å². The van der Waals surface area contributed by atoms with E-state index < -0.39 is 0 Å². The lowest BCUT2D eigenvalue weighted by molar-refractivity contribution is -0.136. The Balaban J connectivity index is 1.71. The van der Waals surface area contributed by atoms with Gasteiger partial charge in [0.15, 0.2) is 0 Å². The molecule has 2 fully saturated rings. The predicted molar refractivity (Wildman–Crippen MR) is 59.7 cm³/mol. The molecule has 1 aliphatic carbocycles. The number of nitrogens with one attached hydrogen (secondary N) is 1. The number of hydrogen-bond donors (Lipinski definition) is 1. The van der Waals surface area contributed by atoms with Crippen LogP contribution in [0.1, 0.15) is 19.3 Å². The van der Waals surface area contributed by atoms with Crippen LogP contribution < -0.4 is 5.32 Å². The first-order valence-electron chi connectivity index (χ1n) is 5.97. The van der Waals surface area contributed by atoms with Gasteiger partial charge < -0.3 is 10.2 Å². The molecule has 1 saturated carbocycles. The van der Waals surface area contributed by atoms with Crippen LogP contribution in [0.4, 0.5) is 0 Å². The van der Waals surface area contributed by atoms with Gasteiger partial charge in [-0.05, 0) is 32.9 Å². The van der Waals surface area contributed by atoms with Crippen LogP contribution in [-0.4, -0.2) is 61.5 Å². The third-order valence-corrected chi connectivity index (χ3v) is 3.27. The molecule has 1 aliphatic heterocycles. The minimum Gasteiger partial charge on any atom is -0.340 e. The van der Waals surface area contributed by atoms with E-state index in [1.54, 1.807) is 0 Å². The van der Waals surface area contributed by atoms with E-state index in [-0.39, 0.29) is 0 Å². The minimum atomic E-state index is 0.323. The van der Waals surface area contributed by atoms with Gasteiger partial charge >= 0.3 is 0 Å². The number of carbonyl (C=O) groups excluding carboxylic acids is 1. The molecule has 0 bridgehead atoms. The molecule has 15 heavy (non-hydrogen) atoms. The zero-order valence-corrected chi connectivity index (χ0v) is 9.54. The molecule has 4 heteroatoms. The summed E-state index contributed by atoms with van der Waals surface area (Å²) in [5.74, 6) is 0.323. The van der Waals surface area contributed by atoms with Crippen molar-refractivity contribution in [2.75, 3.05) is 39.8 Å². The molecule has 0 aromatic rings. The summed E-state index contributed by atoms with van der Waals surface area (Å²) in [6.07, 6.45) is 3.66. The van der Waals surface area contributed by atoms with Gasteiger partial charge in [0.05, 0.1) is 6.54 Å². The number of carbonyl (C=O) groups is 1. The third-order valence-electron chi connectivity index (χ3n) is 3.27. The predicted octanol–water partition coefficient (Wildman–Crippen LogP) is -0.0975. The van der Waals surface area contributed by atoms with Gasteiger partial charge in [-0.3, -0.25) is 9.69 Å². The van der Waals surface area contributed by atoms with E-state index in [2.05, 4.69) is 10.2 Å². The van der Waals surface area contributed by atoms with Crippen LogP contribution in [0.15, 0.2) is 0 Å². The van der Waals surface area contributed by atoms with Gasteiger partial charge in [0, 0.05) is 25.7 Å². The lowest BCUT2D eigenvalue weighted by Crippen LogP contribution is -2.51. The van der Waals surface area contributed by atoms with E-state index in [1.807, 2.05) is 11.9 Å². The van der Waals surface area contributed by atoms with Crippen molar-refractivity contribution >= 4 is 5.91 Å². The van der Waals surface area contributed by atoms with Crippen LogP contribution in [0.5, 0.6) is 0 Å². The molecule has 0 radical (unpaired) electrons. The van der Waals surface area contributed by atoms with Crippen LogP contribution >= 0.6 is 0 Å². The van der Waals surface area contributed by atoms with E-state index in [0.29, 0.717) is 12.5 Å². The highest BCUT2D eigenvalue weighted by atomic mass is 16.2. The SMILES string of the molecule is CNCCCN1CCN(C2CC2)CC1=O. The average Bonchev–Trinajstić information content (AvgIpc) is 3.04. The van der Waals surface area contributed by atoms with Gasteiger partial charge in [0.25, 0.3) is 0 Å². The first-order valence-corrected chi connectivity index (χ1v) is 5.97. The van der Waals surface area contributed by atoms with Crippen molar-refractivity contribution in [3.8, 4) is 0 Å². The van der Waals surface area contributed by atoms with Gasteiger partial charge in [-0.25, -0.2) is 0 Å². The van der Waals surface area contributed by atoms with Crippen LogP contribution in [0, 0.1) is 0 Å². The van der Waals surface area contributed by atoms with Crippen LogP contribution in [0.3, 0.4) is 0 Å². The summed E-state index contributed by atoms with van der Waals surface area (Å²) in [7, 11) is 1.95. The fourth-order valence-corrected chi connectivity index (χ4v) is 2.16. The van der Waals surface area contributed by atoms with E-state index in [1.165, 1.54) is 12.8 Å². The molecule has 2 rings (SSSR count). The second-order valence-electron chi connectivity index (χ2n) is 4.54. The third kappa shape index (κ3) is 2.92. The van der Waals surface area contributed by atoms with Gasteiger partial charge in [-0.15, -0.1) is 0 Å². The van der Waals surface area contributed by atoms with Crippen LogP contribution in [-0.2, 0) is 4.79 Å². The van der Waals surface area contributed by atoms with Gasteiger partial charge in [0.1, 0.15) is 0 Å². The maximum atomic E-state index is 11.8. The number of amides is 1. The zero-order chi connectivity index (χ0) is 10.7. The largest absolute Gasteiger partial charge is 0.340 e. The molecule has 0 spiro atoms. The Labute approximate surface area is 91.6 Å². The summed E-state index contributed by atoms with van der Waals surface area (Å²) in [5.41, 5.74) is 0. The Bertz CT molecular complexity index is 228. The van der Waals surface area contributed by atoms with E-state index in [9.17, 15) is 4.79 Å². The van der Waals surface area contributed by atoms with E-state index in [4.69, 9.17) is 0 Å². The van der Waals surface area contributed by atoms with Crippen molar-refractivity contribution in [1.29, 1.82) is 0 Å². The number of nitrogens with zero attached hydrogens (tertiary/aromatic N) is 2. The highest BCUT2D eigenvalue weighted by molar-refractivity contribution is 5.79. The summed E-state index contributed by atoms with van der Waals surface area (Å²) < 4.78 is 0.